The van der Waals surface area contributed by atoms with Crippen LogP contribution < -0.4 is 15.0 Å². The second-order valence-electron chi connectivity index (χ2n) is 7.61. The molecule has 1 aliphatic rings. The monoisotopic (exact) mass is 443 g/mol. The predicted molar refractivity (Wildman–Crippen MR) is 125 cm³/mol. The molecule has 1 aliphatic heterocycles. The molecule has 2 aromatic carbocycles. The molecule has 2 amide bonds. The van der Waals surface area contributed by atoms with Crippen molar-refractivity contribution in [3.8, 4) is 5.75 Å². The Bertz CT molecular complexity index is 893. The van der Waals surface area contributed by atoms with Crippen LogP contribution in [0.3, 0.4) is 0 Å². The summed E-state index contributed by atoms with van der Waals surface area (Å²) in [5.74, 6) is 0.748. The molecule has 1 heterocycles. The molecule has 0 radical (unpaired) electrons. The van der Waals surface area contributed by atoms with Gasteiger partial charge in [0.1, 0.15) is 5.75 Å². The van der Waals surface area contributed by atoms with Crippen molar-refractivity contribution in [2.24, 2.45) is 0 Å². The van der Waals surface area contributed by atoms with E-state index in [1.165, 1.54) is 0 Å². The molecular weight excluding hydrogens is 414 g/mol. The van der Waals surface area contributed by atoms with E-state index in [2.05, 4.69) is 10.2 Å². The molecule has 0 unspecified atom stereocenters. The smallest absolute Gasteiger partial charge is 0.255 e. The molecule has 6 nitrogen and oxygen atoms in total. The van der Waals surface area contributed by atoms with Crippen molar-refractivity contribution in [1.29, 1.82) is 0 Å². The summed E-state index contributed by atoms with van der Waals surface area (Å²) in [5, 5.41) is 3.55. The molecule has 1 fully saturated rings. The molecule has 0 aliphatic carbocycles. The first kappa shape index (κ1) is 22.9. The van der Waals surface area contributed by atoms with Gasteiger partial charge >= 0.3 is 0 Å². The van der Waals surface area contributed by atoms with Crippen molar-refractivity contribution in [2.75, 3.05) is 43.0 Å². The first-order chi connectivity index (χ1) is 15.0. The molecule has 2 aromatic rings. The van der Waals surface area contributed by atoms with Gasteiger partial charge in [-0.1, -0.05) is 25.4 Å². The number of piperazine rings is 1. The van der Waals surface area contributed by atoms with Crippen LogP contribution in [0.2, 0.25) is 5.02 Å². The van der Waals surface area contributed by atoms with Gasteiger partial charge in [0.15, 0.2) is 0 Å². The molecule has 0 saturated carbocycles. The lowest BCUT2D eigenvalue weighted by atomic mass is 10.1. The molecule has 0 bridgehead atoms. The van der Waals surface area contributed by atoms with Gasteiger partial charge in [-0.25, -0.2) is 0 Å². The number of hydrogen-bond donors (Lipinski definition) is 1. The fourth-order valence-electron chi connectivity index (χ4n) is 3.57. The van der Waals surface area contributed by atoms with Crippen molar-refractivity contribution in [2.45, 2.75) is 33.1 Å². The molecule has 7 heteroatoms. The summed E-state index contributed by atoms with van der Waals surface area (Å²) >= 11 is 6.21. The van der Waals surface area contributed by atoms with Gasteiger partial charge in [0, 0.05) is 43.2 Å². The molecule has 0 spiro atoms. The van der Waals surface area contributed by atoms with Gasteiger partial charge in [-0.05, 0) is 55.3 Å². The molecule has 0 atom stereocenters. The number of amides is 2. The number of carbonyl (C=O) groups excluding carboxylic acids is 2. The minimum absolute atomic E-state index is 0.206. The van der Waals surface area contributed by atoms with Gasteiger partial charge in [0.05, 0.1) is 18.0 Å². The van der Waals surface area contributed by atoms with E-state index < -0.39 is 0 Å². The standard InChI is InChI=1S/C24H30ClN3O3/c1-3-5-23(29)28-14-12-27(13-15-28)22-11-8-19(25)17-21(22)26-24(30)18-6-9-20(10-7-18)31-16-4-2/h6-11,17H,3-5,12-16H2,1-2H3,(H,26,30). The Hall–Kier alpha value is -2.73. The maximum absolute atomic E-state index is 12.8. The second kappa shape index (κ2) is 11.0. The number of halogens is 1. The van der Waals surface area contributed by atoms with Crippen molar-refractivity contribution in [3.05, 3.63) is 53.1 Å². The molecule has 31 heavy (non-hydrogen) atoms. The quantitative estimate of drug-likeness (QED) is 0.634. The molecule has 166 valence electrons. The second-order valence-corrected chi connectivity index (χ2v) is 8.04. The highest BCUT2D eigenvalue weighted by Gasteiger charge is 2.23. The van der Waals surface area contributed by atoms with E-state index in [0.29, 0.717) is 55.5 Å². The Morgan fingerprint density at radius 3 is 2.35 bits per heavy atom. The van der Waals surface area contributed by atoms with E-state index in [-0.39, 0.29) is 11.8 Å². The fraction of sp³-hybridized carbons (Fsp3) is 0.417. The fourth-order valence-corrected chi connectivity index (χ4v) is 3.74. The normalized spacial score (nSPS) is 13.8. The third-order valence-electron chi connectivity index (χ3n) is 5.23. The zero-order valence-corrected chi connectivity index (χ0v) is 19.0. The van der Waals surface area contributed by atoms with Gasteiger partial charge in [0.2, 0.25) is 5.91 Å². The third kappa shape index (κ3) is 6.14. The number of nitrogens with zero attached hydrogens (tertiary/aromatic N) is 2. The first-order valence-electron chi connectivity index (χ1n) is 10.9. The Morgan fingerprint density at radius 1 is 1.00 bits per heavy atom. The summed E-state index contributed by atoms with van der Waals surface area (Å²) in [6.07, 6.45) is 2.38. The largest absolute Gasteiger partial charge is 0.494 e. The lowest BCUT2D eigenvalue weighted by Crippen LogP contribution is -2.48. The lowest BCUT2D eigenvalue weighted by Gasteiger charge is -2.37. The summed E-state index contributed by atoms with van der Waals surface area (Å²) in [6.45, 7) is 7.49. The molecule has 3 rings (SSSR count). The van der Waals surface area contributed by atoms with E-state index >= 15 is 0 Å². The van der Waals surface area contributed by atoms with E-state index in [9.17, 15) is 9.59 Å². The summed E-state index contributed by atoms with van der Waals surface area (Å²) in [5.41, 5.74) is 2.12. The number of anilines is 2. The van der Waals surface area contributed by atoms with Crippen LogP contribution in [0.5, 0.6) is 5.75 Å². The van der Waals surface area contributed by atoms with E-state index in [1.54, 1.807) is 30.3 Å². The maximum atomic E-state index is 12.8. The Kier molecular flexibility index (Phi) is 8.18. The average molecular weight is 444 g/mol. The van der Waals surface area contributed by atoms with Gasteiger partial charge in [-0.3, -0.25) is 9.59 Å². The van der Waals surface area contributed by atoms with Gasteiger partial charge in [0.25, 0.3) is 5.91 Å². The van der Waals surface area contributed by atoms with Crippen molar-refractivity contribution >= 4 is 34.8 Å². The lowest BCUT2D eigenvalue weighted by molar-refractivity contribution is -0.131. The number of rotatable bonds is 8. The summed E-state index contributed by atoms with van der Waals surface area (Å²) in [7, 11) is 0. The highest BCUT2D eigenvalue weighted by atomic mass is 35.5. The maximum Gasteiger partial charge on any atom is 0.255 e. The van der Waals surface area contributed by atoms with Crippen molar-refractivity contribution < 1.29 is 14.3 Å². The van der Waals surface area contributed by atoms with Crippen molar-refractivity contribution in [1.82, 2.24) is 4.90 Å². The van der Waals surface area contributed by atoms with Crippen LogP contribution in [-0.2, 0) is 4.79 Å². The minimum Gasteiger partial charge on any atom is -0.494 e. The van der Waals surface area contributed by atoms with Crippen LogP contribution in [0, 0.1) is 0 Å². The average Bonchev–Trinajstić information content (AvgIpc) is 2.78. The number of hydrogen-bond acceptors (Lipinski definition) is 4. The first-order valence-corrected chi connectivity index (χ1v) is 11.3. The van der Waals surface area contributed by atoms with Crippen LogP contribution in [0.15, 0.2) is 42.5 Å². The molecule has 0 aromatic heterocycles. The molecule has 1 saturated heterocycles. The Morgan fingerprint density at radius 2 is 1.71 bits per heavy atom. The zero-order chi connectivity index (χ0) is 22.2. The van der Waals surface area contributed by atoms with Gasteiger partial charge < -0.3 is 19.9 Å². The predicted octanol–water partition coefficient (Wildman–Crippen LogP) is 4.83. The highest BCUT2D eigenvalue weighted by molar-refractivity contribution is 6.31. The van der Waals surface area contributed by atoms with Crippen LogP contribution in [0.1, 0.15) is 43.5 Å². The SMILES string of the molecule is CCCOc1ccc(C(=O)Nc2cc(Cl)ccc2N2CCN(C(=O)CCC)CC2)cc1. The van der Waals surface area contributed by atoms with Crippen LogP contribution in [0.4, 0.5) is 11.4 Å². The number of benzene rings is 2. The van der Waals surface area contributed by atoms with Crippen LogP contribution in [0.25, 0.3) is 0 Å². The summed E-state index contributed by atoms with van der Waals surface area (Å²) in [4.78, 5) is 29.1. The van der Waals surface area contributed by atoms with E-state index in [1.807, 2.05) is 30.9 Å². The van der Waals surface area contributed by atoms with E-state index in [0.717, 1.165) is 24.3 Å². The van der Waals surface area contributed by atoms with Crippen molar-refractivity contribution in [3.63, 3.8) is 0 Å². The van der Waals surface area contributed by atoms with Crippen LogP contribution in [-0.4, -0.2) is 49.5 Å². The minimum atomic E-state index is -0.206. The Balaban J connectivity index is 1.69. The topological polar surface area (TPSA) is 61.9 Å². The summed E-state index contributed by atoms with van der Waals surface area (Å²) < 4.78 is 5.58. The highest BCUT2D eigenvalue weighted by Crippen LogP contribution is 2.30. The van der Waals surface area contributed by atoms with E-state index in [4.69, 9.17) is 16.3 Å². The number of ether oxygens (including phenoxy) is 1. The molecular formula is C24H30ClN3O3. The van der Waals surface area contributed by atoms with Crippen LogP contribution >= 0.6 is 11.6 Å². The number of nitrogens with one attached hydrogen (secondary N) is 1. The number of carbonyl (C=O) groups is 2. The third-order valence-corrected chi connectivity index (χ3v) is 5.47. The Labute approximate surface area is 189 Å². The summed E-state index contributed by atoms with van der Waals surface area (Å²) in [6, 6.07) is 12.6. The van der Waals surface area contributed by atoms with Gasteiger partial charge in [-0.2, -0.15) is 0 Å². The van der Waals surface area contributed by atoms with Gasteiger partial charge in [-0.15, -0.1) is 0 Å². The zero-order valence-electron chi connectivity index (χ0n) is 18.2. The molecule has 1 N–H and O–H groups in total.